The third kappa shape index (κ3) is 10.6. The fourth-order valence-corrected chi connectivity index (χ4v) is 2.50. The summed E-state index contributed by atoms with van der Waals surface area (Å²) in [4.78, 5) is 22.8. The van der Waals surface area contributed by atoms with E-state index in [0.29, 0.717) is 24.0 Å². The van der Waals surface area contributed by atoms with Crippen molar-refractivity contribution in [3.63, 3.8) is 0 Å². The number of nitrogens with one attached hydrogen (secondary N) is 2. The molecule has 0 saturated carbocycles. The number of guanidine groups is 1. The summed E-state index contributed by atoms with van der Waals surface area (Å²) in [5.74, 6) is 0.705. The first-order valence-corrected chi connectivity index (χ1v) is 9.90. The number of likely N-dealkylation sites (N-methyl/N-ethyl adjacent to an activating group) is 1. The van der Waals surface area contributed by atoms with Crippen molar-refractivity contribution in [2.45, 2.75) is 59.9 Å². The quantitative estimate of drug-likeness (QED) is 0.514. The minimum absolute atomic E-state index is 0.00507. The van der Waals surface area contributed by atoms with Gasteiger partial charge in [0.1, 0.15) is 6.54 Å². The van der Waals surface area contributed by atoms with Crippen LogP contribution in [0.2, 0.25) is 0 Å². The molecule has 1 atom stereocenters. The highest BCUT2D eigenvalue weighted by Gasteiger charge is 2.14. The van der Waals surface area contributed by atoms with Gasteiger partial charge in [-0.05, 0) is 44.2 Å². The fourth-order valence-electron chi connectivity index (χ4n) is 2.50. The minimum Gasteiger partial charge on any atom is -0.357 e. The number of rotatable bonds is 9. The zero-order chi connectivity index (χ0) is 20.3. The number of hydrogen-bond donors (Lipinski definition) is 2. The Hall–Kier alpha value is -2.11. The van der Waals surface area contributed by atoms with Crippen LogP contribution < -0.4 is 10.6 Å². The number of carbonyl (C=O) groups excluding carboxylic acids is 1. The van der Waals surface area contributed by atoms with E-state index in [-0.39, 0.29) is 12.5 Å². The van der Waals surface area contributed by atoms with E-state index in [1.165, 1.54) is 0 Å². The number of nitrogens with zero attached hydrogens (tertiary/aromatic N) is 3. The van der Waals surface area contributed by atoms with Crippen LogP contribution in [0.1, 0.15) is 53.2 Å². The highest BCUT2D eigenvalue weighted by molar-refractivity contribution is 5.85. The van der Waals surface area contributed by atoms with Crippen LogP contribution in [0.15, 0.2) is 29.4 Å². The van der Waals surface area contributed by atoms with Gasteiger partial charge in [-0.25, -0.2) is 4.99 Å². The molecule has 27 heavy (non-hydrogen) atoms. The van der Waals surface area contributed by atoms with Crippen molar-refractivity contribution in [1.82, 2.24) is 20.5 Å². The Balaban J connectivity index is 2.48. The van der Waals surface area contributed by atoms with Crippen LogP contribution in [0.25, 0.3) is 0 Å². The van der Waals surface area contributed by atoms with Crippen molar-refractivity contribution in [2.24, 2.45) is 10.4 Å². The number of carbonyl (C=O) groups is 1. The Morgan fingerprint density at radius 3 is 2.67 bits per heavy atom. The largest absolute Gasteiger partial charge is 0.357 e. The Kier molecular flexibility index (Phi) is 9.83. The van der Waals surface area contributed by atoms with Crippen LogP contribution in [0.5, 0.6) is 0 Å². The molecule has 0 fully saturated rings. The van der Waals surface area contributed by atoms with Gasteiger partial charge in [-0.1, -0.05) is 26.8 Å². The second-order valence-electron chi connectivity index (χ2n) is 8.23. The maximum absolute atomic E-state index is 12.4. The van der Waals surface area contributed by atoms with Crippen LogP contribution in [0.3, 0.4) is 0 Å². The van der Waals surface area contributed by atoms with Gasteiger partial charge in [0, 0.05) is 44.5 Å². The normalized spacial score (nSPS) is 13.2. The predicted octanol–water partition coefficient (Wildman–Crippen LogP) is 2.85. The van der Waals surface area contributed by atoms with Gasteiger partial charge in [0.15, 0.2) is 5.96 Å². The molecule has 0 radical (unpaired) electrons. The molecular weight excluding hydrogens is 338 g/mol. The lowest BCUT2D eigenvalue weighted by atomic mass is 9.89. The summed E-state index contributed by atoms with van der Waals surface area (Å²) < 4.78 is 0. The summed E-state index contributed by atoms with van der Waals surface area (Å²) in [6.07, 6.45) is 4.72. The van der Waals surface area contributed by atoms with Gasteiger partial charge in [0.2, 0.25) is 5.91 Å². The van der Waals surface area contributed by atoms with Crippen LogP contribution in [-0.4, -0.2) is 54.5 Å². The number of pyridine rings is 1. The van der Waals surface area contributed by atoms with E-state index in [9.17, 15) is 4.79 Å². The average Bonchev–Trinajstić information content (AvgIpc) is 2.62. The molecule has 0 saturated heterocycles. The van der Waals surface area contributed by atoms with Gasteiger partial charge >= 0.3 is 0 Å². The van der Waals surface area contributed by atoms with Gasteiger partial charge in [-0.2, -0.15) is 0 Å². The Bertz CT molecular complexity index is 580. The molecule has 1 rings (SSSR count). The summed E-state index contributed by atoms with van der Waals surface area (Å²) in [5.41, 5.74) is 1.31. The van der Waals surface area contributed by atoms with Gasteiger partial charge in [0.25, 0.3) is 0 Å². The molecule has 0 aliphatic rings. The van der Waals surface area contributed by atoms with E-state index >= 15 is 0 Å². The molecule has 0 spiro atoms. The van der Waals surface area contributed by atoms with Crippen molar-refractivity contribution in [3.8, 4) is 0 Å². The Morgan fingerprint density at radius 1 is 1.33 bits per heavy atom. The molecule has 2 N–H and O–H groups in total. The number of amides is 1. The average molecular weight is 376 g/mol. The maximum atomic E-state index is 12.4. The number of aromatic nitrogens is 1. The van der Waals surface area contributed by atoms with E-state index in [2.05, 4.69) is 48.3 Å². The van der Waals surface area contributed by atoms with Gasteiger partial charge in [-0.3, -0.25) is 9.78 Å². The molecule has 1 unspecified atom stereocenters. The summed E-state index contributed by atoms with van der Waals surface area (Å²) in [6, 6.07) is 6.14. The molecule has 0 aromatic carbocycles. The monoisotopic (exact) mass is 375 g/mol. The lowest BCUT2D eigenvalue weighted by molar-refractivity contribution is -0.128. The topological polar surface area (TPSA) is 69.6 Å². The molecule has 1 aromatic rings. The second-order valence-corrected chi connectivity index (χ2v) is 8.23. The molecule has 1 amide bonds. The molecule has 152 valence electrons. The van der Waals surface area contributed by atoms with Gasteiger partial charge in [0.05, 0.1) is 0 Å². The standard InChI is InChI=1S/C21H37N5O/c1-7-22-20(25-17(2)11-13-21(3,4)5)24-16-19(27)26(6)15-12-18-10-8-9-14-23-18/h8-10,14,17H,7,11-13,15-16H2,1-6H3,(H2,22,24,25). The fraction of sp³-hybridized carbons (Fsp3) is 0.667. The van der Waals surface area contributed by atoms with Crippen molar-refractivity contribution < 1.29 is 4.79 Å². The number of hydrogen-bond acceptors (Lipinski definition) is 3. The van der Waals surface area contributed by atoms with Crippen LogP contribution in [0.4, 0.5) is 0 Å². The zero-order valence-electron chi connectivity index (χ0n) is 17.9. The predicted molar refractivity (Wildman–Crippen MR) is 113 cm³/mol. The van der Waals surface area contributed by atoms with Crippen molar-refractivity contribution >= 4 is 11.9 Å². The first kappa shape index (κ1) is 22.9. The third-order valence-corrected chi connectivity index (χ3v) is 4.28. The van der Waals surface area contributed by atoms with Crippen LogP contribution in [0, 0.1) is 5.41 Å². The lowest BCUT2D eigenvalue weighted by Gasteiger charge is -2.23. The van der Waals surface area contributed by atoms with Crippen molar-refractivity contribution in [1.29, 1.82) is 0 Å². The molecule has 0 bridgehead atoms. The molecule has 0 aliphatic heterocycles. The molecule has 6 heteroatoms. The zero-order valence-corrected chi connectivity index (χ0v) is 17.9. The molecule has 1 heterocycles. The minimum atomic E-state index is 0.00507. The SMILES string of the molecule is CCNC(=NCC(=O)N(C)CCc1ccccn1)NC(C)CCC(C)(C)C. The summed E-state index contributed by atoms with van der Waals surface area (Å²) in [7, 11) is 1.81. The summed E-state index contributed by atoms with van der Waals surface area (Å²) in [6.45, 7) is 12.5. The van der Waals surface area contributed by atoms with Crippen molar-refractivity contribution in [2.75, 3.05) is 26.7 Å². The number of aliphatic imine (C=N–C) groups is 1. The van der Waals surface area contributed by atoms with E-state index in [4.69, 9.17) is 0 Å². The summed E-state index contributed by atoms with van der Waals surface area (Å²) >= 11 is 0. The van der Waals surface area contributed by atoms with Crippen LogP contribution in [-0.2, 0) is 11.2 Å². The van der Waals surface area contributed by atoms with Crippen LogP contribution >= 0.6 is 0 Å². The molecule has 0 aliphatic carbocycles. The highest BCUT2D eigenvalue weighted by Crippen LogP contribution is 2.21. The Morgan fingerprint density at radius 2 is 2.07 bits per heavy atom. The van der Waals surface area contributed by atoms with E-state index < -0.39 is 0 Å². The van der Waals surface area contributed by atoms with Crippen molar-refractivity contribution in [3.05, 3.63) is 30.1 Å². The molecule has 6 nitrogen and oxygen atoms in total. The first-order valence-electron chi connectivity index (χ1n) is 9.90. The van der Waals surface area contributed by atoms with E-state index in [1.54, 1.807) is 11.1 Å². The maximum Gasteiger partial charge on any atom is 0.244 e. The Labute approximate surface area is 164 Å². The molecular formula is C21H37N5O. The summed E-state index contributed by atoms with van der Waals surface area (Å²) in [5, 5.41) is 6.62. The van der Waals surface area contributed by atoms with Gasteiger partial charge in [-0.15, -0.1) is 0 Å². The smallest absolute Gasteiger partial charge is 0.244 e. The highest BCUT2D eigenvalue weighted by atomic mass is 16.2. The third-order valence-electron chi connectivity index (χ3n) is 4.28. The second kappa shape index (κ2) is 11.6. The van der Waals surface area contributed by atoms with E-state index in [1.807, 2.05) is 32.2 Å². The lowest BCUT2D eigenvalue weighted by Crippen LogP contribution is -2.43. The van der Waals surface area contributed by atoms with Gasteiger partial charge < -0.3 is 15.5 Å². The molecule has 1 aromatic heterocycles. The van der Waals surface area contributed by atoms with E-state index in [0.717, 1.165) is 31.5 Å². The first-order chi connectivity index (χ1) is 12.7.